The van der Waals surface area contributed by atoms with E-state index in [0.717, 1.165) is 49.0 Å². The van der Waals surface area contributed by atoms with Gasteiger partial charge >= 0.3 is 5.69 Å². The number of hydrogen-bond acceptors (Lipinski definition) is 7. The standard InChI is InChI=1S/C20H26N8O/c1-26(2)16-12-17(23-19(21)22-16)27-10-8-15(9-11-27)18-24-25-20(29)28(18)13-14-6-4-3-5-7-14/h3-7,12,15H,8-11,13H2,1-2H3,(H,25,29)(H2,21,22,23). The molecule has 1 aliphatic rings. The van der Waals surface area contributed by atoms with Crippen LogP contribution < -0.4 is 21.2 Å². The van der Waals surface area contributed by atoms with Crippen LogP contribution in [0.5, 0.6) is 0 Å². The van der Waals surface area contributed by atoms with Crippen molar-refractivity contribution in [3.05, 3.63) is 58.3 Å². The number of nitrogens with one attached hydrogen (secondary N) is 1. The van der Waals surface area contributed by atoms with Crippen molar-refractivity contribution in [1.29, 1.82) is 0 Å². The monoisotopic (exact) mass is 394 g/mol. The molecule has 9 nitrogen and oxygen atoms in total. The molecule has 0 atom stereocenters. The average Bonchev–Trinajstić information content (AvgIpc) is 3.08. The number of nitrogens with two attached hydrogens (primary N) is 1. The van der Waals surface area contributed by atoms with Crippen LogP contribution in [0.4, 0.5) is 17.6 Å². The molecule has 3 aromatic rings. The number of nitrogens with zero attached hydrogens (tertiary/aromatic N) is 6. The summed E-state index contributed by atoms with van der Waals surface area (Å²) < 4.78 is 1.75. The fourth-order valence-electron chi connectivity index (χ4n) is 3.76. The molecule has 0 unspecified atom stereocenters. The zero-order valence-electron chi connectivity index (χ0n) is 16.7. The van der Waals surface area contributed by atoms with Gasteiger partial charge in [-0.15, -0.1) is 0 Å². The van der Waals surface area contributed by atoms with Crippen LogP contribution in [0, 0.1) is 0 Å². The highest BCUT2D eigenvalue weighted by molar-refractivity contribution is 5.53. The van der Waals surface area contributed by atoms with Gasteiger partial charge in [0, 0.05) is 39.2 Å². The van der Waals surface area contributed by atoms with E-state index in [1.807, 2.05) is 55.4 Å². The number of piperidine rings is 1. The van der Waals surface area contributed by atoms with Crippen LogP contribution >= 0.6 is 0 Å². The third-order valence-electron chi connectivity index (χ3n) is 5.33. The van der Waals surface area contributed by atoms with Crippen LogP contribution in [-0.2, 0) is 6.54 Å². The molecule has 0 radical (unpaired) electrons. The molecule has 152 valence electrons. The second kappa shape index (κ2) is 7.94. The van der Waals surface area contributed by atoms with E-state index in [1.54, 1.807) is 4.57 Å². The smallest absolute Gasteiger partial charge is 0.343 e. The Balaban J connectivity index is 1.49. The van der Waals surface area contributed by atoms with Gasteiger partial charge in [-0.25, -0.2) is 9.89 Å². The van der Waals surface area contributed by atoms with Crippen LogP contribution in [0.25, 0.3) is 0 Å². The first-order valence-corrected chi connectivity index (χ1v) is 9.77. The SMILES string of the molecule is CN(C)c1cc(N2CCC(c3n[nH]c(=O)n3Cc3ccccc3)CC2)nc(N)n1. The van der Waals surface area contributed by atoms with Crippen molar-refractivity contribution in [2.75, 3.05) is 42.7 Å². The maximum atomic E-state index is 12.3. The highest BCUT2D eigenvalue weighted by Crippen LogP contribution is 2.29. The van der Waals surface area contributed by atoms with Gasteiger partial charge in [0.25, 0.3) is 0 Å². The van der Waals surface area contributed by atoms with Crippen LogP contribution in [0.3, 0.4) is 0 Å². The Hall–Kier alpha value is -3.36. The number of benzene rings is 1. The Morgan fingerprint density at radius 2 is 1.90 bits per heavy atom. The molecular formula is C20H26N8O. The second-order valence-corrected chi connectivity index (χ2v) is 7.56. The Morgan fingerprint density at radius 1 is 1.17 bits per heavy atom. The van der Waals surface area contributed by atoms with E-state index in [0.29, 0.717) is 6.54 Å². The summed E-state index contributed by atoms with van der Waals surface area (Å²) in [5.74, 6) is 2.95. The molecule has 0 amide bonds. The summed E-state index contributed by atoms with van der Waals surface area (Å²) in [5, 5.41) is 6.97. The van der Waals surface area contributed by atoms with Gasteiger partial charge in [-0.05, 0) is 18.4 Å². The van der Waals surface area contributed by atoms with Gasteiger partial charge in [-0.3, -0.25) is 4.57 Å². The Labute approximate surface area is 169 Å². The lowest BCUT2D eigenvalue weighted by atomic mass is 9.95. The summed E-state index contributed by atoms with van der Waals surface area (Å²) in [4.78, 5) is 25.1. The predicted molar refractivity (Wildman–Crippen MR) is 113 cm³/mol. The molecule has 0 bridgehead atoms. The molecule has 1 fully saturated rings. The molecule has 0 spiro atoms. The number of aromatic nitrogens is 5. The number of anilines is 3. The minimum atomic E-state index is -0.162. The lowest BCUT2D eigenvalue weighted by Gasteiger charge is -2.32. The summed E-state index contributed by atoms with van der Waals surface area (Å²) in [6.07, 6.45) is 1.78. The second-order valence-electron chi connectivity index (χ2n) is 7.56. The van der Waals surface area contributed by atoms with Crippen LogP contribution in [0.15, 0.2) is 41.2 Å². The third-order valence-corrected chi connectivity index (χ3v) is 5.33. The zero-order valence-corrected chi connectivity index (χ0v) is 16.7. The van der Waals surface area contributed by atoms with E-state index in [1.165, 1.54) is 0 Å². The summed E-state index contributed by atoms with van der Waals surface area (Å²) in [6, 6.07) is 11.9. The molecule has 29 heavy (non-hydrogen) atoms. The molecule has 1 aliphatic heterocycles. The van der Waals surface area contributed by atoms with Crippen molar-refractivity contribution in [2.24, 2.45) is 0 Å². The van der Waals surface area contributed by atoms with Crippen molar-refractivity contribution in [3.63, 3.8) is 0 Å². The van der Waals surface area contributed by atoms with Gasteiger partial charge in [-0.1, -0.05) is 30.3 Å². The maximum absolute atomic E-state index is 12.3. The maximum Gasteiger partial charge on any atom is 0.343 e. The molecule has 2 aromatic heterocycles. The number of H-pyrrole nitrogens is 1. The summed E-state index contributed by atoms with van der Waals surface area (Å²) in [6.45, 7) is 2.17. The number of rotatable bonds is 5. The molecule has 1 aromatic carbocycles. The zero-order chi connectivity index (χ0) is 20.4. The first-order chi connectivity index (χ1) is 14.0. The fraction of sp³-hybridized carbons (Fsp3) is 0.400. The number of aromatic amines is 1. The Kier molecular flexibility index (Phi) is 5.20. The van der Waals surface area contributed by atoms with Crippen molar-refractivity contribution in [2.45, 2.75) is 25.3 Å². The third kappa shape index (κ3) is 4.08. The first-order valence-electron chi connectivity index (χ1n) is 9.77. The number of hydrogen-bond donors (Lipinski definition) is 2. The normalized spacial score (nSPS) is 14.9. The largest absolute Gasteiger partial charge is 0.368 e. The predicted octanol–water partition coefficient (Wildman–Crippen LogP) is 1.44. The summed E-state index contributed by atoms with van der Waals surface area (Å²) in [7, 11) is 3.86. The van der Waals surface area contributed by atoms with Gasteiger partial charge in [0.15, 0.2) is 0 Å². The van der Waals surface area contributed by atoms with Crippen molar-refractivity contribution in [1.82, 2.24) is 24.7 Å². The van der Waals surface area contributed by atoms with E-state index >= 15 is 0 Å². The van der Waals surface area contributed by atoms with Gasteiger partial charge < -0.3 is 15.5 Å². The van der Waals surface area contributed by atoms with Crippen LogP contribution in [0.1, 0.15) is 30.1 Å². The van der Waals surface area contributed by atoms with E-state index in [4.69, 9.17) is 5.73 Å². The lowest BCUT2D eigenvalue weighted by Crippen LogP contribution is -2.35. The van der Waals surface area contributed by atoms with Gasteiger partial charge in [-0.2, -0.15) is 15.1 Å². The highest BCUT2D eigenvalue weighted by Gasteiger charge is 2.26. The van der Waals surface area contributed by atoms with Gasteiger partial charge in [0.05, 0.1) is 6.54 Å². The van der Waals surface area contributed by atoms with E-state index in [2.05, 4.69) is 25.1 Å². The number of nitrogen functional groups attached to an aromatic ring is 1. The van der Waals surface area contributed by atoms with E-state index < -0.39 is 0 Å². The quantitative estimate of drug-likeness (QED) is 0.674. The van der Waals surface area contributed by atoms with Crippen LogP contribution in [0.2, 0.25) is 0 Å². The topological polar surface area (TPSA) is 109 Å². The lowest BCUT2D eigenvalue weighted by molar-refractivity contribution is 0.466. The van der Waals surface area contributed by atoms with E-state index in [9.17, 15) is 4.79 Å². The summed E-state index contributed by atoms with van der Waals surface area (Å²) in [5.41, 5.74) is 6.81. The minimum absolute atomic E-state index is 0.162. The van der Waals surface area contributed by atoms with Gasteiger partial charge in [0.2, 0.25) is 5.95 Å². The van der Waals surface area contributed by atoms with E-state index in [-0.39, 0.29) is 17.6 Å². The Bertz CT molecular complexity index is 1020. The fourth-order valence-corrected chi connectivity index (χ4v) is 3.76. The summed E-state index contributed by atoms with van der Waals surface area (Å²) >= 11 is 0. The minimum Gasteiger partial charge on any atom is -0.368 e. The van der Waals surface area contributed by atoms with Gasteiger partial charge in [0.1, 0.15) is 17.5 Å². The van der Waals surface area contributed by atoms with Crippen molar-refractivity contribution < 1.29 is 0 Å². The molecule has 3 heterocycles. The average molecular weight is 394 g/mol. The van der Waals surface area contributed by atoms with Crippen LogP contribution in [-0.4, -0.2) is 51.9 Å². The molecule has 9 heteroatoms. The van der Waals surface area contributed by atoms with Crippen molar-refractivity contribution in [3.8, 4) is 0 Å². The first kappa shape index (κ1) is 19.0. The molecule has 0 aliphatic carbocycles. The Morgan fingerprint density at radius 3 is 2.59 bits per heavy atom. The molecule has 3 N–H and O–H groups in total. The highest BCUT2D eigenvalue weighted by atomic mass is 16.1. The van der Waals surface area contributed by atoms with Crippen molar-refractivity contribution >= 4 is 17.6 Å². The molecule has 1 saturated heterocycles. The molecule has 0 saturated carbocycles. The molecule has 4 rings (SSSR count). The molecular weight excluding hydrogens is 368 g/mol.